The normalized spacial score (nSPS) is 21.2. The van der Waals surface area contributed by atoms with Gasteiger partial charge in [-0.25, -0.2) is 0 Å². The van der Waals surface area contributed by atoms with Crippen molar-refractivity contribution in [2.45, 2.75) is 32.9 Å². The molecule has 2 aromatic carbocycles. The first-order valence-corrected chi connectivity index (χ1v) is 9.55. The molecule has 1 fully saturated rings. The highest BCUT2D eigenvalue weighted by molar-refractivity contribution is 5.89. The lowest BCUT2D eigenvalue weighted by Gasteiger charge is -2.25. The summed E-state index contributed by atoms with van der Waals surface area (Å²) in [5, 5.41) is 8.01. The van der Waals surface area contributed by atoms with Gasteiger partial charge in [0.15, 0.2) is 11.5 Å². The molecule has 2 aliphatic heterocycles. The van der Waals surface area contributed by atoms with Gasteiger partial charge in [0.25, 0.3) is 0 Å². The Morgan fingerprint density at radius 3 is 2.85 bits per heavy atom. The Kier molecular flexibility index (Phi) is 5.03. The van der Waals surface area contributed by atoms with Crippen molar-refractivity contribution in [2.75, 3.05) is 20.2 Å². The number of ether oxygens (including phenoxy) is 2. The van der Waals surface area contributed by atoms with Crippen LogP contribution in [0.3, 0.4) is 0 Å². The number of aryl methyl sites for hydroxylation is 2. The van der Waals surface area contributed by atoms with E-state index in [4.69, 9.17) is 9.47 Å². The lowest BCUT2D eigenvalue weighted by Crippen LogP contribution is -2.38. The molecular formula is C22H27N3O2. The average molecular weight is 365 g/mol. The second-order valence-electron chi connectivity index (χ2n) is 7.40. The minimum atomic E-state index is 0.190. The van der Waals surface area contributed by atoms with E-state index in [9.17, 15) is 0 Å². The Morgan fingerprint density at radius 2 is 2.00 bits per heavy atom. The lowest BCUT2D eigenvalue weighted by molar-refractivity contribution is 0.283. The number of hydrogen-bond acceptors (Lipinski definition) is 5. The van der Waals surface area contributed by atoms with Gasteiger partial charge in [0.2, 0.25) is 0 Å². The topological polar surface area (TPSA) is 54.9 Å². The largest absolute Gasteiger partial charge is 0.493 e. The molecule has 4 rings (SSSR count). The van der Waals surface area contributed by atoms with E-state index >= 15 is 0 Å². The molecule has 0 radical (unpaired) electrons. The Morgan fingerprint density at radius 1 is 1.11 bits per heavy atom. The summed E-state index contributed by atoms with van der Waals surface area (Å²) in [5.41, 5.74) is 9.44. The monoisotopic (exact) mass is 365 g/mol. The fourth-order valence-corrected chi connectivity index (χ4v) is 3.88. The van der Waals surface area contributed by atoms with Crippen molar-refractivity contribution < 1.29 is 9.47 Å². The summed E-state index contributed by atoms with van der Waals surface area (Å²) in [6, 6.07) is 12.8. The van der Waals surface area contributed by atoms with Gasteiger partial charge in [-0.2, -0.15) is 5.10 Å². The number of nitrogens with one attached hydrogen (secondary N) is 2. The van der Waals surface area contributed by atoms with Crippen molar-refractivity contribution in [1.29, 1.82) is 0 Å². The highest BCUT2D eigenvalue weighted by atomic mass is 16.5. The number of piperidine rings is 1. The molecule has 0 bridgehead atoms. The SMILES string of the molecule is COc1cc(C2NN=C3CCNCC32)ccc1OCc1cc(C)ccc1C. The van der Waals surface area contributed by atoms with Crippen LogP contribution < -0.4 is 20.2 Å². The van der Waals surface area contributed by atoms with Crippen LogP contribution in [0.1, 0.15) is 34.7 Å². The second-order valence-corrected chi connectivity index (χ2v) is 7.40. The maximum atomic E-state index is 6.09. The molecule has 5 heteroatoms. The fraction of sp³-hybridized carbons (Fsp3) is 0.409. The molecular weight excluding hydrogens is 338 g/mol. The minimum Gasteiger partial charge on any atom is -0.493 e. The van der Waals surface area contributed by atoms with E-state index in [2.05, 4.69) is 60.0 Å². The van der Waals surface area contributed by atoms with E-state index in [0.717, 1.165) is 31.0 Å². The molecule has 2 N–H and O–H groups in total. The van der Waals surface area contributed by atoms with Crippen molar-refractivity contribution in [3.63, 3.8) is 0 Å². The van der Waals surface area contributed by atoms with Crippen LogP contribution in [-0.4, -0.2) is 25.9 Å². The van der Waals surface area contributed by atoms with Gasteiger partial charge in [-0.3, -0.25) is 0 Å². The summed E-state index contributed by atoms with van der Waals surface area (Å²) in [7, 11) is 1.69. The van der Waals surface area contributed by atoms with Gasteiger partial charge in [0.05, 0.1) is 13.2 Å². The Hall–Kier alpha value is -2.53. The van der Waals surface area contributed by atoms with Crippen LogP contribution in [0.4, 0.5) is 0 Å². The van der Waals surface area contributed by atoms with Crippen LogP contribution in [0, 0.1) is 19.8 Å². The third kappa shape index (κ3) is 3.65. The number of hydrogen-bond donors (Lipinski definition) is 2. The predicted molar refractivity (Wildman–Crippen MR) is 108 cm³/mol. The summed E-state index contributed by atoms with van der Waals surface area (Å²) in [6.45, 7) is 6.72. The van der Waals surface area contributed by atoms with Crippen molar-refractivity contribution in [1.82, 2.24) is 10.7 Å². The van der Waals surface area contributed by atoms with E-state index in [1.165, 1.54) is 28.0 Å². The Labute approximate surface area is 160 Å². The number of nitrogens with zero attached hydrogens (tertiary/aromatic N) is 1. The molecule has 0 spiro atoms. The zero-order valence-electron chi connectivity index (χ0n) is 16.2. The van der Waals surface area contributed by atoms with Gasteiger partial charge in [0, 0.05) is 31.1 Å². The molecule has 5 nitrogen and oxygen atoms in total. The molecule has 2 atom stereocenters. The highest BCUT2D eigenvalue weighted by Gasteiger charge is 2.34. The maximum Gasteiger partial charge on any atom is 0.161 e. The number of hydrazone groups is 1. The summed E-state index contributed by atoms with van der Waals surface area (Å²) in [6.07, 6.45) is 1.02. The number of methoxy groups -OCH3 is 1. The summed E-state index contributed by atoms with van der Waals surface area (Å²) in [4.78, 5) is 0. The second kappa shape index (κ2) is 7.61. The van der Waals surface area contributed by atoms with Crippen molar-refractivity contribution in [2.24, 2.45) is 11.0 Å². The third-order valence-electron chi connectivity index (χ3n) is 5.53. The number of rotatable bonds is 5. The first-order valence-electron chi connectivity index (χ1n) is 9.55. The van der Waals surface area contributed by atoms with E-state index < -0.39 is 0 Å². The molecule has 142 valence electrons. The molecule has 2 unspecified atom stereocenters. The number of fused-ring (bicyclic) bond motifs is 1. The van der Waals surface area contributed by atoms with Gasteiger partial charge >= 0.3 is 0 Å². The predicted octanol–water partition coefficient (Wildman–Crippen LogP) is 3.50. The molecule has 27 heavy (non-hydrogen) atoms. The molecule has 0 saturated carbocycles. The van der Waals surface area contributed by atoms with E-state index in [1.807, 2.05) is 6.07 Å². The van der Waals surface area contributed by atoms with Crippen LogP contribution in [0.2, 0.25) is 0 Å². The summed E-state index contributed by atoms with van der Waals surface area (Å²) < 4.78 is 11.7. The molecule has 0 aromatic heterocycles. The summed E-state index contributed by atoms with van der Waals surface area (Å²) in [5.74, 6) is 1.94. The lowest BCUT2D eigenvalue weighted by atomic mass is 9.87. The van der Waals surface area contributed by atoms with E-state index in [-0.39, 0.29) is 6.04 Å². The van der Waals surface area contributed by atoms with Gasteiger partial charge < -0.3 is 20.2 Å². The first-order chi connectivity index (χ1) is 13.2. The number of benzene rings is 2. The molecule has 2 aliphatic rings. The van der Waals surface area contributed by atoms with Gasteiger partial charge in [-0.15, -0.1) is 0 Å². The smallest absolute Gasteiger partial charge is 0.161 e. The average Bonchev–Trinajstić information content (AvgIpc) is 3.13. The Balaban J connectivity index is 1.51. The minimum absolute atomic E-state index is 0.190. The molecule has 0 amide bonds. The van der Waals surface area contributed by atoms with Gasteiger partial charge in [-0.1, -0.05) is 29.8 Å². The molecule has 2 aromatic rings. The molecule has 1 saturated heterocycles. The van der Waals surface area contributed by atoms with Crippen LogP contribution in [-0.2, 0) is 6.61 Å². The van der Waals surface area contributed by atoms with Crippen molar-refractivity contribution in [3.8, 4) is 11.5 Å². The van der Waals surface area contributed by atoms with Crippen LogP contribution in [0.5, 0.6) is 11.5 Å². The molecule has 2 heterocycles. The van der Waals surface area contributed by atoms with Crippen LogP contribution >= 0.6 is 0 Å². The third-order valence-corrected chi connectivity index (χ3v) is 5.53. The first kappa shape index (κ1) is 17.9. The zero-order valence-corrected chi connectivity index (χ0v) is 16.2. The van der Waals surface area contributed by atoms with E-state index in [1.54, 1.807) is 7.11 Å². The Bertz CT molecular complexity index is 863. The maximum absolute atomic E-state index is 6.09. The quantitative estimate of drug-likeness (QED) is 0.851. The fourth-order valence-electron chi connectivity index (χ4n) is 3.88. The van der Waals surface area contributed by atoms with Gasteiger partial charge in [0.1, 0.15) is 6.61 Å². The van der Waals surface area contributed by atoms with Crippen LogP contribution in [0.15, 0.2) is 41.5 Å². The zero-order chi connectivity index (χ0) is 18.8. The molecule has 0 aliphatic carbocycles. The van der Waals surface area contributed by atoms with Crippen molar-refractivity contribution in [3.05, 3.63) is 58.7 Å². The van der Waals surface area contributed by atoms with Gasteiger partial charge in [-0.05, 0) is 42.7 Å². The summed E-state index contributed by atoms with van der Waals surface area (Å²) >= 11 is 0. The highest BCUT2D eigenvalue weighted by Crippen LogP contribution is 2.36. The van der Waals surface area contributed by atoms with Crippen molar-refractivity contribution >= 4 is 5.71 Å². The standard InChI is InChI=1S/C22H27N3O2/c1-14-4-5-15(2)17(10-14)13-27-20-7-6-16(11-21(20)26-3)22-18-12-23-9-8-19(18)24-25-22/h4-7,10-11,18,22-23,25H,8-9,12-13H2,1-3H3. The van der Waals surface area contributed by atoms with E-state index in [0.29, 0.717) is 12.5 Å². The van der Waals surface area contributed by atoms with Crippen LogP contribution in [0.25, 0.3) is 0 Å².